The molecule has 536 valence electrons. The van der Waals surface area contributed by atoms with Gasteiger partial charge in [0, 0.05) is 82.8 Å². The topological polar surface area (TPSA) is 250 Å². The van der Waals surface area contributed by atoms with E-state index in [0.717, 1.165) is 68.7 Å². The summed E-state index contributed by atoms with van der Waals surface area (Å²) in [6.07, 6.45) is 13.6. The second kappa shape index (κ2) is 38.7. The van der Waals surface area contributed by atoms with E-state index in [9.17, 15) is 33.2 Å². The lowest BCUT2D eigenvalue weighted by atomic mass is 9.93. The van der Waals surface area contributed by atoms with Gasteiger partial charge in [0.05, 0.1) is 64.8 Å². The summed E-state index contributed by atoms with van der Waals surface area (Å²) in [4.78, 5) is 61.8. The Balaban J connectivity index is 0.000000877. The molecule has 0 saturated carbocycles. The van der Waals surface area contributed by atoms with Gasteiger partial charge in [-0.25, -0.2) is 9.59 Å². The first-order valence-electron chi connectivity index (χ1n) is 32.7. The Labute approximate surface area is 569 Å². The van der Waals surface area contributed by atoms with Gasteiger partial charge >= 0.3 is 39.1 Å². The Hall–Kier alpha value is -4.39. The highest BCUT2D eigenvalue weighted by Crippen LogP contribution is 2.47. The molecular weight excluding hydrogens is 1310 g/mol. The van der Waals surface area contributed by atoms with Crippen molar-refractivity contribution in [2.75, 3.05) is 74.3 Å². The SMILES string of the molecule is CC(C)(C)N.COc1c(C)c2c(c(OCC[Si](C)(C)C)c1C/C=C(\C)CC(C/C=C/CP(=O)(O)OC)C(=O)OCC[Si](C)(C)C)C(=O)OC2.COc1c(C)c2c(c(OCC[Si](C)(C)C)c1C/C=C(\C)CC(C/C=C/CP(=O)(OC)OC)C(=O)OCC[Si](C)(C)C)C(=O)OC2.[2HH]. The molecule has 19 nitrogen and oxygen atoms in total. The maximum atomic E-state index is 13.2. The van der Waals surface area contributed by atoms with Crippen LogP contribution in [-0.2, 0) is 77.3 Å². The van der Waals surface area contributed by atoms with Crippen LogP contribution in [0.25, 0.3) is 0 Å². The Morgan fingerprint density at radius 1 is 0.564 bits per heavy atom. The maximum absolute atomic E-state index is 13.2. The Bertz CT molecular complexity index is 3060. The van der Waals surface area contributed by atoms with Gasteiger partial charge in [-0.05, 0) is 122 Å². The third-order valence-electron chi connectivity index (χ3n) is 15.4. The molecule has 0 amide bonds. The van der Waals surface area contributed by atoms with Crippen molar-refractivity contribution >= 4 is 71.4 Å². The fourth-order valence-corrected chi connectivity index (χ4v) is 13.9. The largest absolute Gasteiger partial charge is 0.496 e. The number of carbonyl (C=O) groups is 4. The number of esters is 4. The molecule has 0 aliphatic carbocycles. The Morgan fingerprint density at radius 3 is 1.20 bits per heavy atom. The van der Waals surface area contributed by atoms with Gasteiger partial charge in [-0.1, -0.05) is 126 Å². The highest BCUT2D eigenvalue weighted by Gasteiger charge is 2.36. The van der Waals surface area contributed by atoms with Gasteiger partial charge in [0.1, 0.15) is 47.3 Å². The molecule has 3 atom stereocenters. The highest BCUT2D eigenvalue weighted by molar-refractivity contribution is 7.54. The number of methoxy groups -OCH3 is 2. The first-order valence-corrected chi connectivity index (χ1v) is 51.0. The molecule has 2 aromatic carbocycles. The monoisotopic (exact) mass is 1430 g/mol. The number of nitrogens with two attached hydrogens (primary N) is 1. The minimum Gasteiger partial charge on any atom is -0.496 e. The molecule has 3 unspecified atom stereocenters. The molecule has 0 bridgehead atoms. The van der Waals surface area contributed by atoms with Crippen LogP contribution in [0.5, 0.6) is 23.0 Å². The summed E-state index contributed by atoms with van der Waals surface area (Å²) >= 11 is 0. The van der Waals surface area contributed by atoms with E-state index >= 15 is 0 Å². The quantitative estimate of drug-likeness (QED) is 0.0210. The van der Waals surface area contributed by atoms with E-state index in [4.69, 9.17) is 52.7 Å². The molecule has 0 radical (unpaired) electrons. The molecular formula is C69H121NO18P2Si4. The minimum absolute atomic E-state index is 0. The van der Waals surface area contributed by atoms with Crippen molar-refractivity contribution in [3.05, 3.63) is 92.1 Å². The first-order chi connectivity index (χ1) is 43.3. The zero-order valence-electron chi connectivity index (χ0n) is 61.7. The molecule has 2 aromatic rings. The van der Waals surface area contributed by atoms with E-state index in [1.807, 2.05) is 60.6 Å². The van der Waals surface area contributed by atoms with Gasteiger partial charge < -0.3 is 62.1 Å². The van der Waals surface area contributed by atoms with Crippen LogP contribution >= 0.6 is 15.2 Å². The zero-order chi connectivity index (χ0) is 71.8. The fourth-order valence-electron chi connectivity index (χ4n) is 9.66. The summed E-state index contributed by atoms with van der Waals surface area (Å²) in [5.74, 6) is 0.221. The van der Waals surface area contributed by atoms with E-state index in [-0.39, 0.29) is 56.4 Å². The van der Waals surface area contributed by atoms with Gasteiger partial charge in [0.2, 0.25) is 0 Å². The van der Waals surface area contributed by atoms with Crippen LogP contribution in [0.15, 0.2) is 47.6 Å². The van der Waals surface area contributed by atoms with Gasteiger partial charge in [0.15, 0.2) is 0 Å². The average molecular weight is 1430 g/mol. The molecule has 0 fully saturated rings. The molecule has 0 aromatic heterocycles. The number of fused-ring (bicyclic) bond motifs is 2. The van der Waals surface area contributed by atoms with E-state index < -0.39 is 59.3 Å². The molecule has 4 rings (SSSR count). The molecule has 2 aliphatic rings. The van der Waals surface area contributed by atoms with Crippen molar-refractivity contribution < 1.29 is 86.1 Å². The minimum atomic E-state index is -3.67. The normalized spacial score (nSPS) is 15.2. The van der Waals surface area contributed by atoms with E-state index in [0.29, 0.717) is 99.1 Å². The lowest BCUT2D eigenvalue weighted by molar-refractivity contribution is -0.148. The molecule has 2 aliphatic heterocycles. The van der Waals surface area contributed by atoms with E-state index in [2.05, 4.69) is 89.2 Å². The summed E-state index contributed by atoms with van der Waals surface area (Å²) < 4.78 is 85.6. The van der Waals surface area contributed by atoms with Crippen LogP contribution in [0.2, 0.25) is 103 Å². The number of allylic oxidation sites excluding steroid dienone is 8. The Kier molecular flexibility index (Phi) is 35.3. The summed E-state index contributed by atoms with van der Waals surface area (Å²) in [6.45, 7) is 43.0. The molecule has 25 heteroatoms. The smallest absolute Gasteiger partial charge is 0.342 e. The lowest BCUT2D eigenvalue weighted by Crippen LogP contribution is -2.26. The predicted molar refractivity (Wildman–Crippen MR) is 392 cm³/mol. The second-order valence-corrected chi connectivity index (χ2v) is 57.1. The molecule has 3 N–H and O–H groups in total. The fraction of sp³-hybridized carbons (Fsp3) is 0.652. The number of carbonyl (C=O) groups excluding carboxylic acids is 4. The predicted octanol–water partition coefficient (Wildman–Crippen LogP) is 16.7. The maximum Gasteiger partial charge on any atom is 0.342 e. The van der Waals surface area contributed by atoms with Crippen LogP contribution in [0.3, 0.4) is 0 Å². The van der Waals surface area contributed by atoms with Crippen molar-refractivity contribution in [3.63, 3.8) is 0 Å². The van der Waals surface area contributed by atoms with Crippen LogP contribution in [0, 0.1) is 25.7 Å². The van der Waals surface area contributed by atoms with Crippen LogP contribution in [0.1, 0.15) is 116 Å². The molecule has 0 spiro atoms. The van der Waals surface area contributed by atoms with Crippen molar-refractivity contribution in [2.45, 2.75) is 208 Å². The number of hydrogen-bond donors (Lipinski definition) is 2. The summed E-state index contributed by atoms with van der Waals surface area (Å²) in [7, 11) is -5.22. The van der Waals surface area contributed by atoms with Gasteiger partial charge in [-0.2, -0.15) is 0 Å². The highest BCUT2D eigenvalue weighted by atomic mass is 31.2. The van der Waals surface area contributed by atoms with E-state index in [1.165, 1.54) is 21.3 Å². The van der Waals surface area contributed by atoms with Crippen LogP contribution in [-0.4, -0.2) is 141 Å². The Morgan fingerprint density at radius 2 is 0.894 bits per heavy atom. The van der Waals surface area contributed by atoms with E-state index in [1.54, 1.807) is 32.4 Å². The average Bonchev–Trinajstić information content (AvgIpc) is 1.70. The second-order valence-electron chi connectivity index (χ2n) is 30.3. The van der Waals surface area contributed by atoms with Crippen LogP contribution in [0.4, 0.5) is 0 Å². The third kappa shape index (κ3) is 31.4. The summed E-state index contributed by atoms with van der Waals surface area (Å²) in [6, 6.07) is 3.65. The molecule has 94 heavy (non-hydrogen) atoms. The number of cyclic esters (lactones) is 2. The molecule has 2 heterocycles. The number of hydrogen-bond acceptors (Lipinski definition) is 18. The van der Waals surface area contributed by atoms with Gasteiger partial charge in [0.25, 0.3) is 0 Å². The van der Waals surface area contributed by atoms with Gasteiger partial charge in [-0.3, -0.25) is 18.7 Å². The first kappa shape index (κ1) is 85.7. The van der Waals surface area contributed by atoms with Crippen molar-refractivity contribution in [1.82, 2.24) is 0 Å². The van der Waals surface area contributed by atoms with Crippen molar-refractivity contribution in [1.29, 1.82) is 0 Å². The van der Waals surface area contributed by atoms with Crippen LogP contribution < -0.4 is 24.7 Å². The standard InChI is InChI=1S/C33H55O9PSi2.C32H53O9PSi2.C4H11N.H2/c1-24(22-26(32(34)41-18-21-45(9,10)11)14-12-13-19-43(36,38-4)39-5)15-16-27-30(37-3)25(2)28-23-42-33(35)29(28)31(27)40-17-20-44(6,7)8;1-23(21-25(13-11-12-18-42(35,36)38-4)31(33)40-17-20-44(8,9)10)14-15-26-29(37-3)24(2)27-22-41-32(34)28(27)30(26)39-16-19-43(5,6)7;1-4(2,3)5;/h12-13,15,26H,14,16-23H2,1-11H3;11-12,14,25H,13,15-22H2,1-10H3,(H,35,36);5H2,1-3H3;1H/b13-12+,24-15+;12-11+,23-14+;;/i;;;1+1. The number of ether oxygens (including phenoxy) is 8. The zero-order valence-corrected chi connectivity index (χ0v) is 67.5. The third-order valence-corrected chi connectivity index (χ3v) is 25.3. The van der Waals surface area contributed by atoms with Gasteiger partial charge in [-0.15, -0.1) is 0 Å². The summed E-state index contributed by atoms with van der Waals surface area (Å²) in [5.41, 5.74) is 13.2. The number of benzene rings is 2. The lowest BCUT2D eigenvalue weighted by Gasteiger charge is -2.22. The van der Waals surface area contributed by atoms with Crippen molar-refractivity contribution in [2.24, 2.45) is 17.6 Å². The summed E-state index contributed by atoms with van der Waals surface area (Å²) in [5, 5.41) is 0. The van der Waals surface area contributed by atoms with Crippen molar-refractivity contribution in [3.8, 4) is 23.0 Å². The number of rotatable bonds is 37. The molecule has 0 saturated heterocycles.